The summed E-state index contributed by atoms with van der Waals surface area (Å²) in [6, 6.07) is 11.9. The van der Waals surface area contributed by atoms with Crippen molar-refractivity contribution in [2.75, 3.05) is 4.72 Å². The molecule has 26 heavy (non-hydrogen) atoms. The average molecular weight is 375 g/mol. The summed E-state index contributed by atoms with van der Waals surface area (Å²) in [7, 11) is -3.89. The van der Waals surface area contributed by atoms with E-state index in [1.807, 2.05) is 0 Å². The Morgan fingerprint density at radius 2 is 1.54 bits per heavy atom. The van der Waals surface area contributed by atoms with E-state index >= 15 is 0 Å². The molecule has 138 valence electrons. The van der Waals surface area contributed by atoms with Gasteiger partial charge in [0, 0.05) is 5.56 Å². The zero-order chi connectivity index (χ0) is 19.5. The van der Waals surface area contributed by atoms with Crippen LogP contribution in [-0.2, 0) is 14.8 Å². The molecule has 0 radical (unpaired) electrons. The van der Waals surface area contributed by atoms with Crippen molar-refractivity contribution in [3.8, 4) is 5.75 Å². The number of carbonyl (C=O) groups excluding carboxylic acids is 2. The van der Waals surface area contributed by atoms with Crippen molar-refractivity contribution in [2.45, 2.75) is 32.6 Å². The highest BCUT2D eigenvalue weighted by Crippen LogP contribution is 2.24. The second-order valence-electron chi connectivity index (χ2n) is 6.82. The van der Waals surface area contributed by atoms with Crippen molar-refractivity contribution < 1.29 is 22.7 Å². The molecule has 0 unspecified atom stereocenters. The molecule has 2 rings (SSSR count). The Bertz CT molecular complexity index is 925. The highest BCUT2D eigenvalue weighted by atomic mass is 32.2. The lowest BCUT2D eigenvalue weighted by molar-refractivity contribution is -0.143. The van der Waals surface area contributed by atoms with Gasteiger partial charge in [0.15, 0.2) is 5.78 Å². The molecule has 2 aromatic carbocycles. The van der Waals surface area contributed by atoms with E-state index in [0.717, 1.165) is 0 Å². The van der Waals surface area contributed by atoms with E-state index in [0.29, 0.717) is 0 Å². The van der Waals surface area contributed by atoms with Crippen LogP contribution in [0.5, 0.6) is 5.75 Å². The lowest BCUT2D eigenvalue weighted by Gasteiger charge is -2.16. The third kappa shape index (κ3) is 4.70. The Kier molecular flexibility index (Phi) is 5.51. The van der Waals surface area contributed by atoms with E-state index in [2.05, 4.69) is 4.72 Å². The maximum absolute atomic E-state index is 12.5. The lowest BCUT2D eigenvalue weighted by atomic mass is 9.97. The minimum Gasteiger partial charge on any atom is -0.426 e. The second kappa shape index (κ2) is 7.29. The molecule has 0 spiro atoms. The fraction of sp³-hybridized carbons (Fsp3) is 0.263. The number of nitrogens with one attached hydrogen (secondary N) is 1. The van der Waals surface area contributed by atoms with Crippen molar-refractivity contribution in [2.24, 2.45) is 5.41 Å². The van der Waals surface area contributed by atoms with E-state index in [1.54, 1.807) is 39.0 Å². The quantitative estimate of drug-likeness (QED) is 0.489. The molecule has 1 N–H and O–H groups in total. The van der Waals surface area contributed by atoms with Crippen LogP contribution >= 0.6 is 0 Å². The normalized spacial score (nSPS) is 11.7. The lowest BCUT2D eigenvalue weighted by Crippen LogP contribution is -2.25. The van der Waals surface area contributed by atoms with Gasteiger partial charge in [0.25, 0.3) is 10.0 Å². The number of ether oxygens (including phenoxy) is 1. The number of carbonyl (C=O) groups is 2. The molecule has 0 aromatic heterocycles. The first-order valence-electron chi connectivity index (χ1n) is 7.96. The van der Waals surface area contributed by atoms with Crippen LogP contribution in [0.4, 0.5) is 5.69 Å². The second-order valence-corrected chi connectivity index (χ2v) is 8.50. The van der Waals surface area contributed by atoms with E-state index in [9.17, 15) is 18.0 Å². The predicted octanol–water partition coefficient (Wildman–Crippen LogP) is 3.64. The Morgan fingerprint density at radius 3 is 2.08 bits per heavy atom. The zero-order valence-corrected chi connectivity index (χ0v) is 15.9. The van der Waals surface area contributed by atoms with Crippen LogP contribution in [0.3, 0.4) is 0 Å². The summed E-state index contributed by atoms with van der Waals surface area (Å²) in [4.78, 5) is 23.5. The Morgan fingerprint density at radius 1 is 0.962 bits per heavy atom. The molecule has 0 fully saturated rings. The van der Waals surface area contributed by atoms with Gasteiger partial charge in [0.1, 0.15) is 5.75 Å². The molecule has 0 heterocycles. The highest BCUT2D eigenvalue weighted by Gasteiger charge is 2.24. The summed E-state index contributed by atoms with van der Waals surface area (Å²) in [6.07, 6.45) is 0. The molecule has 0 saturated heterocycles. The van der Waals surface area contributed by atoms with Crippen molar-refractivity contribution in [1.29, 1.82) is 0 Å². The number of rotatable bonds is 5. The summed E-state index contributed by atoms with van der Waals surface area (Å²) < 4.78 is 32.7. The SMILES string of the molecule is CC(=O)c1ccccc1NS(=O)(=O)c1ccc(OC(=O)C(C)(C)C)cc1. The standard InChI is InChI=1S/C19H21NO5S/c1-13(21)16-7-5-6-8-17(16)20-26(23,24)15-11-9-14(10-12-15)25-18(22)19(2,3)4/h5-12,20H,1-4H3. The van der Waals surface area contributed by atoms with Crippen molar-refractivity contribution in [3.05, 3.63) is 54.1 Å². The van der Waals surface area contributed by atoms with Gasteiger partial charge in [0.05, 0.1) is 16.0 Å². The third-order valence-electron chi connectivity index (χ3n) is 3.51. The Balaban J connectivity index is 2.23. The molecule has 0 saturated carbocycles. The van der Waals surface area contributed by atoms with Crippen LogP contribution in [0.1, 0.15) is 38.1 Å². The Hall–Kier alpha value is -2.67. The summed E-state index contributed by atoms with van der Waals surface area (Å²) >= 11 is 0. The first-order valence-corrected chi connectivity index (χ1v) is 9.44. The van der Waals surface area contributed by atoms with Crippen LogP contribution in [0.15, 0.2) is 53.4 Å². The average Bonchev–Trinajstić information content (AvgIpc) is 2.54. The first kappa shape index (κ1) is 19.7. The number of esters is 1. The van der Waals surface area contributed by atoms with Gasteiger partial charge in [-0.15, -0.1) is 0 Å². The number of Topliss-reactive ketones (excluding diaryl/α,β-unsaturated/α-hetero) is 1. The fourth-order valence-corrected chi connectivity index (χ4v) is 3.11. The molecule has 0 bridgehead atoms. The van der Waals surface area contributed by atoms with Crippen molar-refractivity contribution in [1.82, 2.24) is 0 Å². The van der Waals surface area contributed by atoms with Crippen LogP contribution in [0.25, 0.3) is 0 Å². The summed E-state index contributed by atoms with van der Waals surface area (Å²) in [5.41, 5.74) is -0.169. The zero-order valence-electron chi connectivity index (χ0n) is 15.1. The van der Waals surface area contributed by atoms with Gasteiger partial charge in [0.2, 0.25) is 0 Å². The maximum atomic E-state index is 12.5. The molecule has 0 amide bonds. The third-order valence-corrected chi connectivity index (χ3v) is 4.89. The number of ketones is 1. The smallest absolute Gasteiger partial charge is 0.316 e. The number of sulfonamides is 1. The molecule has 6 nitrogen and oxygen atoms in total. The fourth-order valence-electron chi connectivity index (χ4n) is 2.03. The van der Waals surface area contributed by atoms with Gasteiger partial charge in [-0.05, 0) is 64.1 Å². The molecule has 2 aromatic rings. The van der Waals surface area contributed by atoms with Gasteiger partial charge in [-0.3, -0.25) is 14.3 Å². The van der Waals surface area contributed by atoms with Crippen molar-refractivity contribution in [3.63, 3.8) is 0 Å². The van der Waals surface area contributed by atoms with Crippen molar-refractivity contribution >= 4 is 27.5 Å². The largest absolute Gasteiger partial charge is 0.426 e. The molecular formula is C19H21NO5S. The summed E-state index contributed by atoms with van der Waals surface area (Å²) in [5.74, 6) is -0.401. The molecule has 0 aliphatic heterocycles. The molecule has 0 aliphatic rings. The molecular weight excluding hydrogens is 354 g/mol. The monoisotopic (exact) mass is 375 g/mol. The van der Waals surface area contributed by atoms with E-state index in [4.69, 9.17) is 4.74 Å². The van der Waals surface area contributed by atoms with Crippen LogP contribution in [-0.4, -0.2) is 20.2 Å². The van der Waals surface area contributed by atoms with Gasteiger partial charge in [-0.25, -0.2) is 8.42 Å². The van der Waals surface area contributed by atoms with Gasteiger partial charge in [-0.1, -0.05) is 12.1 Å². The Labute approximate surface area is 153 Å². The van der Waals surface area contributed by atoms with Gasteiger partial charge >= 0.3 is 5.97 Å². The molecule has 0 atom stereocenters. The topological polar surface area (TPSA) is 89.5 Å². The van der Waals surface area contributed by atoms with Gasteiger partial charge in [-0.2, -0.15) is 0 Å². The number of anilines is 1. The summed E-state index contributed by atoms with van der Waals surface area (Å²) in [6.45, 7) is 6.55. The summed E-state index contributed by atoms with van der Waals surface area (Å²) in [5, 5.41) is 0. The number of hydrogen-bond donors (Lipinski definition) is 1. The number of benzene rings is 2. The molecule has 0 aliphatic carbocycles. The number of para-hydroxylation sites is 1. The minimum atomic E-state index is -3.89. The number of hydrogen-bond acceptors (Lipinski definition) is 5. The van der Waals surface area contributed by atoms with Crippen LogP contribution < -0.4 is 9.46 Å². The van der Waals surface area contributed by atoms with Crippen LogP contribution in [0, 0.1) is 5.41 Å². The first-order chi connectivity index (χ1) is 12.0. The van der Waals surface area contributed by atoms with E-state index in [-0.39, 0.29) is 27.7 Å². The predicted molar refractivity (Wildman–Crippen MR) is 98.8 cm³/mol. The highest BCUT2D eigenvalue weighted by molar-refractivity contribution is 7.92. The van der Waals surface area contributed by atoms with E-state index < -0.39 is 21.4 Å². The minimum absolute atomic E-state index is 0.00795. The van der Waals surface area contributed by atoms with Crippen LogP contribution in [0.2, 0.25) is 0 Å². The molecule has 7 heteroatoms. The van der Waals surface area contributed by atoms with Gasteiger partial charge < -0.3 is 4.74 Å². The van der Waals surface area contributed by atoms with E-state index in [1.165, 1.54) is 37.3 Å². The maximum Gasteiger partial charge on any atom is 0.316 e.